The van der Waals surface area contributed by atoms with E-state index in [1.165, 1.54) is 40.1 Å². The molecule has 3 N–H and O–H groups in total. The predicted molar refractivity (Wildman–Crippen MR) is 189 cm³/mol. The van der Waals surface area contributed by atoms with Gasteiger partial charge in [-0.05, 0) is 61.8 Å². The number of hydrogen-bond donors (Lipinski definition) is 3. The number of carbonyl (C=O) groups is 4. The number of allylic oxidation sites excluding steroid dienone is 1. The molecule has 1 saturated heterocycles. The highest BCUT2D eigenvalue weighted by atomic mass is 32.2. The Balaban J connectivity index is 1.15. The molecule has 3 fully saturated rings. The Hall–Kier alpha value is -4.51. The summed E-state index contributed by atoms with van der Waals surface area (Å²) in [4.78, 5) is 58.3. The molecule has 2 aromatic carbocycles. The molecule has 0 unspecified atom stereocenters. The number of nitrogens with zero attached hydrogens (tertiary/aromatic N) is 2. The molecule has 0 aromatic heterocycles. The molecule has 4 amide bonds. The molecule has 2 aromatic rings. The summed E-state index contributed by atoms with van der Waals surface area (Å²) in [7, 11) is -3.96. The van der Waals surface area contributed by atoms with Gasteiger partial charge in [-0.25, -0.2) is 17.6 Å². The van der Waals surface area contributed by atoms with E-state index in [2.05, 4.69) is 15.4 Å². The van der Waals surface area contributed by atoms with E-state index in [0.29, 0.717) is 49.7 Å². The number of nitrogens with one attached hydrogen (secondary N) is 3. The van der Waals surface area contributed by atoms with E-state index in [1.807, 2.05) is 6.08 Å². The lowest BCUT2D eigenvalue weighted by Crippen LogP contribution is -2.58. The maximum atomic E-state index is 14.5. The number of hydrogen-bond acceptors (Lipinski definition) is 8. The quantitative estimate of drug-likeness (QED) is 0.275. The van der Waals surface area contributed by atoms with Gasteiger partial charge in [-0.1, -0.05) is 55.3 Å². The molecule has 5 atom stereocenters. The molecule has 12 nitrogen and oxygen atoms in total. The fourth-order valence-corrected chi connectivity index (χ4v) is 9.18. The van der Waals surface area contributed by atoms with E-state index in [-0.39, 0.29) is 51.0 Å². The van der Waals surface area contributed by atoms with Gasteiger partial charge in [0.15, 0.2) is 0 Å². The molecule has 3 heterocycles. The van der Waals surface area contributed by atoms with E-state index in [4.69, 9.17) is 4.74 Å². The number of sulfonamides is 1. The number of amides is 4. The molecule has 7 rings (SSSR count). The van der Waals surface area contributed by atoms with E-state index in [9.17, 15) is 45.2 Å². The second-order valence-electron chi connectivity index (χ2n) is 15.1. The third kappa shape index (κ3) is 8.37. The number of alkyl halides is 3. The third-order valence-corrected chi connectivity index (χ3v) is 13.0. The number of benzene rings is 2. The maximum absolute atomic E-state index is 14.5. The topological polar surface area (TPSA) is 154 Å². The molecule has 55 heavy (non-hydrogen) atoms. The number of rotatable bonds is 7. The van der Waals surface area contributed by atoms with E-state index in [1.54, 1.807) is 12.1 Å². The molecule has 5 aliphatic rings. The van der Waals surface area contributed by atoms with Crippen LogP contribution >= 0.6 is 0 Å². The number of halogens is 4. The molecule has 0 spiro atoms. The Morgan fingerprint density at radius 3 is 2.53 bits per heavy atom. The van der Waals surface area contributed by atoms with Crippen LogP contribution in [0.15, 0.2) is 54.6 Å². The molecule has 296 valence electrons. The van der Waals surface area contributed by atoms with Crippen LogP contribution in [0, 0.1) is 11.7 Å². The zero-order valence-electron chi connectivity index (χ0n) is 29.9. The van der Waals surface area contributed by atoms with Crippen LogP contribution in [-0.4, -0.2) is 77.6 Å². The molecule has 0 bridgehead atoms. The Labute approximate surface area is 316 Å². The van der Waals surface area contributed by atoms with Crippen LogP contribution in [0.1, 0.15) is 80.0 Å². The van der Waals surface area contributed by atoms with Crippen LogP contribution in [-0.2, 0) is 55.0 Å². The average molecular weight is 790 g/mol. The van der Waals surface area contributed by atoms with E-state index < -0.39 is 86.3 Å². The largest absolute Gasteiger partial charge is 0.444 e. The highest BCUT2D eigenvalue weighted by molar-refractivity contribution is 7.91. The SMILES string of the molecule is O=C1N[C@]2(C(=O)NS(=O)(=O)C3CC3)C[C@@H]2/C=C\CCCCC[C@H](NCc2ccccc2C(F)(F)F)C(=O)N2C[C@H](OC(=O)N3Cc4cccc(F)c4C3)C[C@@H]12. The van der Waals surface area contributed by atoms with Crippen molar-refractivity contribution >= 4 is 33.8 Å². The zero-order chi connectivity index (χ0) is 39.1. The minimum atomic E-state index is -4.63. The Morgan fingerprint density at radius 1 is 1.00 bits per heavy atom. The van der Waals surface area contributed by atoms with Gasteiger partial charge in [0.05, 0.1) is 29.9 Å². The summed E-state index contributed by atoms with van der Waals surface area (Å²) in [5.41, 5.74) is -1.55. The van der Waals surface area contributed by atoms with Gasteiger partial charge in [0.25, 0.3) is 5.91 Å². The maximum Gasteiger partial charge on any atom is 0.416 e. The Morgan fingerprint density at radius 2 is 1.78 bits per heavy atom. The summed E-state index contributed by atoms with van der Waals surface area (Å²) in [6, 6.07) is 7.24. The molecule has 17 heteroatoms. The minimum absolute atomic E-state index is 0.0399. The van der Waals surface area contributed by atoms with E-state index >= 15 is 0 Å². The van der Waals surface area contributed by atoms with Crippen molar-refractivity contribution in [3.8, 4) is 0 Å². The van der Waals surface area contributed by atoms with Crippen molar-refractivity contribution in [2.75, 3.05) is 6.54 Å². The van der Waals surface area contributed by atoms with E-state index in [0.717, 1.165) is 6.07 Å². The lowest BCUT2D eigenvalue weighted by molar-refractivity contribution is -0.141. The second-order valence-corrected chi connectivity index (χ2v) is 17.0. The summed E-state index contributed by atoms with van der Waals surface area (Å²) in [6.07, 6.45) is 0.752. The van der Waals surface area contributed by atoms with Gasteiger partial charge < -0.3 is 20.3 Å². The van der Waals surface area contributed by atoms with Crippen molar-refractivity contribution in [2.45, 2.75) is 113 Å². The number of ether oxygens (including phenoxy) is 1. The number of carbonyl (C=O) groups excluding carboxylic acids is 4. The lowest BCUT2D eigenvalue weighted by atomic mass is 10.0. The fraction of sp³-hybridized carbons (Fsp3) is 0.526. The third-order valence-electron chi connectivity index (χ3n) is 11.2. The van der Waals surface area contributed by atoms with Crippen LogP contribution in [0.2, 0.25) is 0 Å². The van der Waals surface area contributed by atoms with Crippen molar-refractivity contribution in [3.63, 3.8) is 0 Å². The van der Waals surface area contributed by atoms with Gasteiger partial charge in [-0.15, -0.1) is 0 Å². The van der Waals surface area contributed by atoms with Crippen molar-refractivity contribution in [3.05, 3.63) is 82.7 Å². The fourth-order valence-electron chi connectivity index (χ4n) is 7.81. The van der Waals surface area contributed by atoms with Crippen molar-refractivity contribution in [1.82, 2.24) is 25.2 Å². The first-order chi connectivity index (χ1) is 26.2. The molecule has 0 radical (unpaired) electrons. The summed E-state index contributed by atoms with van der Waals surface area (Å²) in [5, 5.41) is 5.07. The molecular weight excluding hydrogens is 747 g/mol. The highest BCUT2D eigenvalue weighted by Gasteiger charge is 2.62. The van der Waals surface area contributed by atoms with Crippen molar-refractivity contribution < 1.29 is 49.9 Å². The number of fused-ring (bicyclic) bond motifs is 3. The predicted octanol–water partition coefficient (Wildman–Crippen LogP) is 4.43. The molecule has 2 aliphatic carbocycles. The monoisotopic (exact) mass is 789 g/mol. The minimum Gasteiger partial charge on any atom is -0.444 e. The first kappa shape index (κ1) is 38.8. The Bertz CT molecular complexity index is 1990. The van der Waals surface area contributed by atoms with Crippen LogP contribution in [0.5, 0.6) is 0 Å². The molecule has 2 saturated carbocycles. The molecular formula is C38H43F4N5O7S. The second kappa shape index (κ2) is 15.2. The van der Waals surface area contributed by atoms with Crippen LogP contribution < -0.4 is 15.4 Å². The lowest BCUT2D eigenvalue weighted by Gasteiger charge is -2.30. The van der Waals surface area contributed by atoms with Gasteiger partial charge in [0.2, 0.25) is 21.8 Å². The van der Waals surface area contributed by atoms with Crippen molar-refractivity contribution in [2.24, 2.45) is 5.92 Å². The van der Waals surface area contributed by atoms with Crippen LogP contribution in [0.25, 0.3) is 0 Å². The van der Waals surface area contributed by atoms with Gasteiger partial charge >= 0.3 is 12.3 Å². The van der Waals surface area contributed by atoms with Crippen LogP contribution in [0.4, 0.5) is 22.4 Å². The zero-order valence-corrected chi connectivity index (χ0v) is 30.8. The summed E-state index contributed by atoms with van der Waals surface area (Å²) in [6.45, 7) is -0.493. The summed E-state index contributed by atoms with van der Waals surface area (Å²) >= 11 is 0. The summed E-state index contributed by atoms with van der Waals surface area (Å²) in [5.74, 6) is -3.23. The average Bonchev–Trinajstić information content (AvgIpc) is 4.02. The first-order valence-electron chi connectivity index (χ1n) is 18.6. The highest BCUT2D eigenvalue weighted by Crippen LogP contribution is 2.46. The van der Waals surface area contributed by atoms with Crippen molar-refractivity contribution in [1.29, 1.82) is 0 Å². The standard InChI is InChI=1S/C38H43F4N5O7S/c39-30-13-8-10-24-20-46(22-28(24)30)36(51)54-26-17-32-33(48)44-37(35(50)45-55(52,53)27-15-16-27)18-25(37)11-4-2-1-3-5-14-31(34(49)47(32)21-26)43-19-23-9-6-7-12-29(23)38(40,41)42/h4,6-13,25-27,31-32,43H,1-3,5,14-22H2,(H,44,48)(H,45,50)/b11-4-/t25-,26+,31-,32-,37+/m0/s1. The normalized spacial score (nSPS) is 27.9. The smallest absolute Gasteiger partial charge is 0.416 e. The Kier molecular flexibility index (Phi) is 10.7. The van der Waals surface area contributed by atoms with Gasteiger partial charge in [-0.3, -0.25) is 24.0 Å². The van der Waals surface area contributed by atoms with Gasteiger partial charge in [-0.2, -0.15) is 13.2 Å². The van der Waals surface area contributed by atoms with Gasteiger partial charge in [0, 0.05) is 31.0 Å². The molecule has 3 aliphatic heterocycles. The summed E-state index contributed by atoms with van der Waals surface area (Å²) < 4.78 is 89.5. The van der Waals surface area contributed by atoms with Gasteiger partial charge in [0.1, 0.15) is 23.5 Å². The van der Waals surface area contributed by atoms with Crippen LogP contribution in [0.3, 0.4) is 0 Å². The first-order valence-corrected chi connectivity index (χ1v) is 20.2.